The molecule has 2 aromatic rings. The summed E-state index contributed by atoms with van der Waals surface area (Å²) in [6.07, 6.45) is 2.10. The number of rotatable bonds is 2. The van der Waals surface area contributed by atoms with E-state index in [4.69, 9.17) is 0 Å². The van der Waals surface area contributed by atoms with Crippen LogP contribution in [0.25, 0.3) is 0 Å². The normalized spacial score (nSPS) is 17.8. The van der Waals surface area contributed by atoms with Gasteiger partial charge in [-0.1, -0.05) is 29.8 Å². The first-order valence-electron chi connectivity index (χ1n) is 8.47. The van der Waals surface area contributed by atoms with Gasteiger partial charge in [0.25, 0.3) is 5.91 Å². The number of anilines is 1. The topological polar surface area (TPSA) is 20.3 Å². The summed E-state index contributed by atoms with van der Waals surface area (Å²) in [5, 5.41) is 0. The van der Waals surface area contributed by atoms with Crippen molar-refractivity contribution in [1.29, 1.82) is 0 Å². The second-order valence-electron chi connectivity index (χ2n) is 6.39. The number of amides is 1. The second kappa shape index (κ2) is 6.85. The first-order chi connectivity index (χ1) is 11.7. The van der Waals surface area contributed by atoms with E-state index in [0.717, 1.165) is 30.6 Å². The zero-order valence-electron chi connectivity index (χ0n) is 13.8. The first-order valence-corrected chi connectivity index (χ1v) is 10.6. The van der Waals surface area contributed by atoms with Crippen LogP contribution in [0.3, 0.4) is 0 Å². The second-order valence-corrected chi connectivity index (χ2v) is 9.11. The van der Waals surface area contributed by atoms with Gasteiger partial charge in [0.2, 0.25) is 0 Å². The van der Waals surface area contributed by atoms with Crippen molar-refractivity contribution in [2.45, 2.75) is 24.3 Å². The zero-order valence-corrected chi connectivity index (χ0v) is 15.5. The molecular formula is C20H21NOS2. The molecule has 0 aromatic heterocycles. The minimum Gasteiger partial charge on any atom is -0.308 e. The summed E-state index contributed by atoms with van der Waals surface area (Å²) in [6.45, 7) is 2.92. The summed E-state index contributed by atoms with van der Waals surface area (Å²) in [6, 6.07) is 14.7. The molecule has 2 aromatic carbocycles. The lowest BCUT2D eigenvalue weighted by atomic mass is 9.98. The fourth-order valence-electron chi connectivity index (χ4n) is 3.43. The van der Waals surface area contributed by atoms with Crippen LogP contribution in [0.5, 0.6) is 0 Å². The molecule has 2 nitrogen and oxygen atoms in total. The standard InChI is InChI=1S/C20H21NOS2/c1-14-4-9-18-17(13-14)3-2-10-21(18)19(22)15-5-7-16(8-6-15)20-23-11-12-24-20/h4-9,13,20H,2-3,10-12H2,1H3. The molecule has 4 heteroatoms. The average Bonchev–Trinajstić information content (AvgIpc) is 3.15. The van der Waals surface area contributed by atoms with Crippen molar-refractivity contribution < 1.29 is 4.79 Å². The molecule has 0 bridgehead atoms. The molecule has 1 saturated heterocycles. The summed E-state index contributed by atoms with van der Waals surface area (Å²) in [7, 11) is 0. The maximum absolute atomic E-state index is 13.0. The molecule has 24 heavy (non-hydrogen) atoms. The van der Waals surface area contributed by atoms with Crippen LogP contribution in [0.4, 0.5) is 5.69 Å². The Morgan fingerprint density at radius 1 is 1.08 bits per heavy atom. The molecule has 4 rings (SSSR count). The highest BCUT2D eigenvalue weighted by Gasteiger charge is 2.24. The molecule has 0 N–H and O–H groups in total. The Kier molecular flexibility index (Phi) is 4.59. The highest BCUT2D eigenvalue weighted by molar-refractivity contribution is 8.19. The number of nitrogens with zero attached hydrogens (tertiary/aromatic N) is 1. The van der Waals surface area contributed by atoms with Crippen LogP contribution < -0.4 is 4.90 Å². The molecule has 1 amide bonds. The molecule has 0 spiro atoms. The van der Waals surface area contributed by atoms with Gasteiger partial charge in [-0.05, 0) is 49.1 Å². The van der Waals surface area contributed by atoms with Crippen LogP contribution in [-0.2, 0) is 6.42 Å². The third-order valence-electron chi connectivity index (χ3n) is 4.65. The third-order valence-corrected chi connectivity index (χ3v) is 7.75. The van der Waals surface area contributed by atoms with Crippen molar-refractivity contribution in [2.24, 2.45) is 0 Å². The molecule has 2 aliphatic heterocycles. The van der Waals surface area contributed by atoms with Gasteiger partial charge < -0.3 is 4.90 Å². The van der Waals surface area contributed by atoms with Gasteiger partial charge in [0.05, 0.1) is 4.58 Å². The predicted octanol–water partition coefficient (Wildman–Crippen LogP) is 5.07. The molecule has 0 atom stereocenters. The number of hydrogen-bond acceptors (Lipinski definition) is 3. The van der Waals surface area contributed by atoms with Gasteiger partial charge in [-0.3, -0.25) is 4.79 Å². The van der Waals surface area contributed by atoms with Gasteiger partial charge >= 0.3 is 0 Å². The van der Waals surface area contributed by atoms with Gasteiger partial charge in [-0.2, -0.15) is 0 Å². The Balaban J connectivity index is 1.58. The van der Waals surface area contributed by atoms with E-state index in [9.17, 15) is 4.79 Å². The molecule has 1 fully saturated rings. The van der Waals surface area contributed by atoms with Crippen LogP contribution in [0.15, 0.2) is 42.5 Å². The van der Waals surface area contributed by atoms with E-state index in [-0.39, 0.29) is 5.91 Å². The average molecular weight is 356 g/mol. The van der Waals surface area contributed by atoms with Crippen LogP contribution >= 0.6 is 23.5 Å². The summed E-state index contributed by atoms with van der Waals surface area (Å²) < 4.78 is 0.535. The van der Waals surface area contributed by atoms with Gasteiger partial charge in [0, 0.05) is 29.3 Å². The Hall–Kier alpha value is -1.39. The number of benzene rings is 2. The van der Waals surface area contributed by atoms with Crippen molar-refractivity contribution in [2.75, 3.05) is 23.0 Å². The number of carbonyl (C=O) groups is 1. The monoisotopic (exact) mass is 355 g/mol. The van der Waals surface area contributed by atoms with Crippen molar-refractivity contribution in [1.82, 2.24) is 0 Å². The molecule has 0 aliphatic carbocycles. The van der Waals surface area contributed by atoms with E-state index in [2.05, 4.69) is 37.3 Å². The molecule has 2 aliphatic rings. The van der Waals surface area contributed by atoms with Crippen LogP contribution in [-0.4, -0.2) is 24.0 Å². The fraction of sp³-hybridized carbons (Fsp3) is 0.350. The number of hydrogen-bond donors (Lipinski definition) is 0. The highest BCUT2D eigenvalue weighted by atomic mass is 32.2. The lowest BCUT2D eigenvalue weighted by Gasteiger charge is -2.30. The fourth-order valence-corrected chi connectivity index (χ4v) is 6.29. The number of aryl methyl sites for hydroxylation is 2. The Morgan fingerprint density at radius 3 is 2.58 bits per heavy atom. The van der Waals surface area contributed by atoms with E-state index < -0.39 is 0 Å². The summed E-state index contributed by atoms with van der Waals surface area (Å²) in [5.41, 5.74) is 5.76. The maximum Gasteiger partial charge on any atom is 0.258 e. The van der Waals surface area contributed by atoms with Crippen molar-refractivity contribution in [3.8, 4) is 0 Å². The molecule has 0 saturated carbocycles. The lowest BCUT2D eigenvalue weighted by Crippen LogP contribution is -2.35. The van der Waals surface area contributed by atoms with Crippen molar-refractivity contribution in [3.63, 3.8) is 0 Å². The van der Waals surface area contributed by atoms with Gasteiger partial charge in [0.15, 0.2) is 0 Å². The summed E-state index contributed by atoms with van der Waals surface area (Å²) in [5.74, 6) is 2.57. The Bertz CT molecular complexity index is 751. The van der Waals surface area contributed by atoms with Crippen molar-refractivity contribution >= 4 is 35.1 Å². The SMILES string of the molecule is Cc1ccc2c(c1)CCCN2C(=O)c1ccc(C2SCCS2)cc1. The minimum atomic E-state index is 0.123. The van der Waals surface area contributed by atoms with Gasteiger partial charge in [0.1, 0.15) is 0 Å². The first kappa shape index (κ1) is 16.1. The summed E-state index contributed by atoms with van der Waals surface area (Å²) in [4.78, 5) is 14.9. The smallest absolute Gasteiger partial charge is 0.258 e. The number of fused-ring (bicyclic) bond motifs is 1. The van der Waals surface area contributed by atoms with Crippen LogP contribution in [0.1, 0.15) is 38.1 Å². The lowest BCUT2D eigenvalue weighted by molar-refractivity contribution is 0.0985. The van der Waals surface area contributed by atoms with E-state index in [0.29, 0.717) is 4.58 Å². The predicted molar refractivity (Wildman–Crippen MR) is 105 cm³/mol. The zero-order chi connectivity index (χ0) is 16.5. The summed E-state index contributed by atoms with van der Waals surface area (Å²) >= 11 is 3.99. The quantitative estimate of drug-likeness (QED) is 0.750. The molecule has 2 heterocycles. The highest BCUT2D eigenvalue weighted by Crippen LogP contribution is 2.45. The van der Waals surface area contributed by atoms with Gasteiger partial charge in [-0.15, -0.1) is 23.5 Å². The van der Waals surface area contributed by atoms with Crippen molar-refractivity contribution in [3.05, 3.63) is 64.7 Å². The number of thioether (sulfide) groups is 2. The number of carbonyl (C=O) groups excluding carboxylic acids is 1. The van der Waals surface area contributed by atoms with E-state index in [1.165, 1.54) is 28.2 Å². The molecular weight excluding hydrogens is 334 g/mol. The molecule has 0 radical (unpaired) electrons. The largest absolute Gasteiger partial charge is 0.308 e. The Labute approximate surface area is 152 Å². The maximum atomic E-state index is 13.0. The van der Waals surface area contributed by atoms with Gasteiger partial charge in [-0.25, -0.2) is 0 Å². The third kappa shape index (κ3) is 3.09. The van der Waals surface area contributed by atoms with E-state index >= 15 is 0 Å². The Morgan fingerprint density at radius 2 is 1.83 bits per heavy atom. The van der Waals surface area contributed by atoms with Crippen LogP contribution in [0, 0.1) is 6.92 Å². The van der Waals surface area contributed by atoms with E-state index in [1.807, 2.05) is 40.6 Å². The van der Waals surface area contributed by atoms with E-state index in [1.54, 1.807) is 0 Å². The molecule has 124 valence electrons. The molecule has 0 unspecified atom stereocenters. The van der Waals surface area contributed by atoms with Crippen LogP contribution in [0.2, 0.25) is 0 Å². The minimum absolute atomic E-state index is 0.123.